The number of ether oxygens (including phenoxy) is 1. The van der Waals surface area contributed by atoms with Gasteiger partial charge in [-0.1, -0.05) is 74.0 Å². The topological polar surface area (TPSA) is 97.1 Å². The summed E-state index contributed by atoms with van der Waals surface area (Å²) in [7, 11) is 5.22. The normalized spacial score (nSPS) is 11.0. The third-order valence-corrected chi connectivity index (χ3v) is 6.75. The van der Waals surface area contributed by atoms with Crippen LogP contribution in [0, 0.1) is 12.3 Å². The third kappa shape index (κ3) is 7.20. The van der Waals surface area contributed by atoms with Crippen LogP contribution in [0.25, 0.3) is 22.3 Å². The van der Waals surface area contributed by atoms with Gasteiger partial charge in [-0.25, -0.2) is 4.98 Å². The molecule has 1 heterocycles. The van der Waals surface area contributed by atoms with E-state index in [1.54, 1.807) is 10.6 Å². The molecule has 0 saturated heterocycles. The number of benzene rings is 3. The zero-order chi connectivity index (χ0) is 29.5. The molecule has 208 valence electrons. The van der Waals surface area contributed by atoms with Gasteiger partial charge in [-0.15, -0.1) is 0 Å². The molecule has 0 aliphatic rings. The maximum absolute atomic E-state index is 14.0. The van der Waals surface area contributed by atoms with Gasteiger partial charge in [0.25, 0.3) is 5.56 Å². The van der Waals surface area contributed by atoms with Gasteiger partial charge in [0, 0.05) is 12.0 Å². The Morgan fingerprint density at radius 1 is 1.02 bits per heavy atom. The van der Waals surface area contributed by atoms with E-state index in [1.807, 2.05) is 87.5 Å². The highest BCUT2D eigenvalue weighted by Gasteiger charge is 2.17. The Kier molecular flexibility index (Phi) is 9.55. The molecule has 2 N–H and O–H groups in total. The Morgan fingerprint density at radius 3 is 2.32 bits per heavy atom. The van der Waals surface area contributed by atoms with Crippen LogP contribution >= 0.6 is 0 Å². The molecule has 2 radical (unpaired) electrons. The smallest absolute Gasteiger partial charge is 0.261 e. The van der Waals surface area contributed by atoms with Crippen molar-refractivity contribution in [2.24, 2.45) is 0 Å². The summed E-state index contributed by atoms with van der Waals surface area (Å²) in [5, 5.41) is 10.6. The number of amides is 1. The average molecular weight is 546 g/mol. The molecule has 3 aromatic carbocycles. The molecule has 0 spiro atoms. The quantitative estimate of drug-likeness (QED) is 0.139. The lowest BCUT2D eigenvalue weighted by molar-refractivity contribution is 0.242. The summed E-state index contributed by atoms with van der Waals surface area (Å²) >= 11 is 0. The van der Waals surface area contributed by atoms with Crippen LogP contribution in [0.4, 0.5) is 4.79 Å². The number of hydrogen-bond donors (Lipinski definition) is 2. The van der Waals surface area contributed by atoms with Crippen LogP contribution in [0.3, 0.4) is 0 Å². The number of nitrogens with one attached hydrogen (secondary N) is 2. The fourth-order valence-corrected chi connectivity index (χ4v) is 4.83. The molecule has 0 aliphatic carbocycles. The zero-order valence-corrected chi connectivity index (χ0v) is 24.0. The van der Waals surface area contributed by atoms with Gasteiger partial charge in [0.15, 0.2) is 5.81 Å². The van der Waals surface area contributed by atoms with E-state index >= 15 is 0 Å². The van der Waals surface area contributed by atoms with E-state index < -0.39 is 5.81 Å². The molecule has 8 heteroatoms. The van der Waals surface area contributed by atoms with E-state index in [4.69, 9.17) is 23.0 Å². The van der Waals surface area contributed by atoms with Gasteiger partial charge in [-0.2, -0.15) is 0 Å². The molecule has 1 amide bonds. The summed E-state index contributed by atoms with van der Waals surface area (Å²) in [6.45, 7) is 8.36. The number of amidine groups is 1. The van der Waals surface area contributed by atoms with Gasteiger partial charge in [0.1, 0.15) is 17.4 Å². The molecule has 1 aromatic heterocycles. The highest BCUT2D eigenvalue weighted by Crippen LogP contribution is 2.26. The minimum Gasteiger partial charge on any atom is -0.491 e. The van der Waals surface area contributed by atoms with E-state index in [0.29, 0.717) is 29.8 Å². The Morgan fingerprint density at radius 2 is 1.68 bits per heavy atom. The standard InChI is InChI=1S/C33H35BN4O3/c1-5-6-11-29-36-22(4)30(25-16-18-26(19-17-25)41-21(2)3)32(39)38(29)20-23-12-14-24(15-13-23)27-9-7-8-10-28(27)31(35)37-33(34)40/h7-10,12-19,21H,5-6,11,20H2,1-4H3,(H2,35,37,40). The fraction of sp³-hybridized carbons (Fsp3) is 0.273. The number of aryl methyl sites for hydroxylation is 2. The predicted octanol–water partition coefficient (Wildman–Crippen LogP) is 6.27. The van der Waals surface area contributed by atoms with Crippen LogP contribution in [-0.4, -0.2) is 35.1 Å². The summed E-state index contributed by atoms with van der Waals surface area (Å²) in [4.78, 5) is 30.1. The number of rotatable bonds is 10. The van der Waals surface area contributed by atoms with E-state index in [1.165, 1.54) is 0 Å². The monoisotopic (exact) mass is 546 g/mol. The first-order chi connectivity index (χ1) is 19.7. The van der Waals surface area contributed by atoms with Crippen LogP contribution in [0.5, 0.6) is 5.75 Å². The molecule has 0 atom stereocenters. The van der Waals surface area contributed by atoms with Gasteiger partial charge >= 0.3 is 0 Å². The minimum atomic E-state index is -0.782. The number of unbranched alkanes of at least 4 members (excludes halogenated alkanes) is 1. The van der Waals surface area contributed by atoms with Gasteiger partial charge < -0.3 is 10.1 Å². The molecular formula is C33H35BN4O3. The minimum absolute atomic E-state index is 0.0636. The second kappa shape index (κ2) is 13.3. The van der Waals surface area contributed by atoms with E-state index in [9.17, 15) is 9.59 Å². The molecule has 0 aliphatic heterocycles. The number of hydrogen-bond acceptors (Lipinski definition) is 5. The maximum Gasteiger partial charge on any atom is 0.261 e. The van der Waals surface area contributed by atoms with Gasteiger partial charge in [0.2, 0.25) is 7.85 Å². The SMILES string of the molecule is [B]C(=O)NC(=N)c1ccccc1-c1ccc(Cn2c(CCCC)nc(C)c(-c3ccc(OC(C)C)cc3)c2=O)cc1. The first-order valence-electron chi connectivity index (χ1n) is 13.9. The lowest BCUT2D eigenvalue weighted by atomic mass is 9.97. The summed E-state index contributed by atoms with van der Waals surface area (Å²) < 4.78 is 7.56. The van der Waals surface area contributed by atoms with E-state index in [-0.39, 0.29) is 17.5 Å². The van der Waals surface area contributed by atoms with Gasteiger partial charge in [-0.3, -0.25) is 19.6 Å². The van der Waals surface area contributed by atoms with Crippen molar-refractivity contribution in [2.75, 3.05) is 0 Å². The Bertz CT molecular complexity index is 1590. The van der Waals surface area contributed by atoms with Gasteiger partial charge in [0.05, 0.1) is 23.9 Å². The molecule has 7 nitrogen and oxygen atoms in total. The highest BCUT2D eigenvalue weighted by molar-refractivity contribution is 6.58. The zero-order valence-electron chi connectivity index (χ0n) is 24.0. The Balaban J connectivity index is 1.69. The van der Waals surface area contributed by atoms with Crippen molar-refractivity contribution >= 4 is 19.5 Å². The highest BCUT2D eigenvalue weighted by atomic mass is 16.5. The Hall–Kier alpha value is -4.46. The average Bonchev–Trinajstić information content (AvgIpc) is 2.94. The van der Waals surface area contributed by atoms with Crippen molar-refractivity contribution in [2.45, 2.75) is 59.6 Å². The molecular weight excluding hydrogens is 511 g/mol. The van der Waals surface area contributed by atoms with Crippen LogP contribution in [0.1, 0.15) is 56.3 Å². The summed E-state index contributed by atoms with van der Waals surface area (Å²) in [5.41, 5.74) is 5.24. The maximum atomic E-state index is 14.0. The predicted molar refractivity (Wildman–Crippen MR) is 165 cm³/mol. The molecule has 0 saturated carbocycles. The summed E-state index contributed by atoms with van der Waals surface area (Å²) in [6.07, 6.45) is 2.72. The molecule has 0 unspecified atom stereocenters. The molecule has 4 rings (SSSR count). The van der Waals surface area contributed by atoms with Crippen LogP contribution < -0.4 is 15.6 Å². The first kappa shape index (κ1) is 29.5. The molecule has 0 bridgehead atoms. The van der Waals surface area contributed by atoms with Crippen molar-refractivity contribution < 1.29 is 9.53 Å². The number of nitrogens with zero attached hydrogens (tertiary/aromatic N) is 2. The Labute approximate surface area is 242 Å². The largest absolute Gasteiger partial charge is 0.491 e. The third-order valence-electron chi connectivity index (χ3n) is 6.75. The molecule has 41 heavy (non-hydrogen) atoms. The van der Waals surface area contributed by atoms with E-state index in [0.717, 1.165) is 46.7 Å². The van der Waals surface area contributed by atoms with Crippen molar-refractivity contribution in [3.63, 3.8) is 0 Å². The van der Waals surface area contributed by atoms with Crippen LogP contribution in [0.15, 0.2) is 77.6 Å². The van der Waals surface area contributed by atoms with Crippen LogP contribution in [-0.2, 0) is 13.0 Å². The second-order valence-corrected chi connectivity index (χ2v) is 10.3. The first-order valence-corrected chi connectivity index (χ1v) is 13.9. The molecule has 4 aromatic rings. The number of carbonyl (C=O) groups is 1. The van der Waals surface area contributed by atoms with Crippen molar-refractivity contribution in [3.8, 4) is 28.0 Å². The number of aromatic nitrogens is 2. The lowest BCUT2D eigenvalue weighted by Gasteiger charge is -2.17. The number of carbonyl (C=O) groups excluding carboxylic acids is 1. The van der Waals surface area contributed by atoms with E-state index in [2.05, 4.69) is 12.2 Å². The summed E-state index contributed by atoms with van der Waals surface area (Å²) in [6, 6.07) is 22.8. The van der Waals surface area contributed by atoms with Gasteiger partial charge in [-0.05, 0) is 61.6 Å². The van der Waals surface area contributed by atoms with Crippen molar-refractivity contribution in [1.29, 1.82) is 5.41 Å². The van der Waals surface area contributed by atoms with Crippen molar-refractivity contribution in [1.82, 2.24) is 14.9 Å². The fourth-order valence-electron chi connectivity index (χ4n) is 4.83. The molecule has 0 fully saturated rings. The second-order valence-electron chi connectivity index (χ2n) is 10.3. The summed E-state index contributed by atoms with van der Waals surface area (Å²) in [5.74, 6) is 0.691. The van der Waals surface area contributed by atoms with Crippen LogP contribution in [0.2, 0.25) is 0 Å². The van der Waals surface area contributed by atoms with Crippen molar-refractivity contribution in [3.05, 3.63) is 106 Å². The lowest BCUT2D eigenvalue weighted by Crippen LogP contribution is -2.29.